The molecule has 0 aliphatic carbocycles. The predicted molar refractivity (Wildman–Crippen MR) is 88.3 cm³/mol. The second kappa shape index (κ2) is 6.97. The number of carbonyl (C=O) groups excluding carboxylic acids is 1. The number of allylic oxidation sites excluding steroid dienone is 1. The Bertz CT molecular complexity index is 800. The second-order valence-electron chi connectivity index (χ2n) is 5.52. The van der Waals surface area contributed by atoms with Crippen LogP contribution in [0.3, 0.4) is 0 Å². The molecule has 0 amide bonds. The minimum atomic E-state index is -0.326. The molecule has 1 heterocycles. The first-order chi connectivity index (χ1) is 11.0. The maximum absolute atomic E-state index is 13.2. The van der Waals surface area contributed by atoms with Crippen LogP contribution in [0, 0.1) is 24.1 Å². The lowest BCUT2D eigenvalue weighted by Gasteiger charge is -2.18. The molecule has 0 atom stereocenters. The van der Waals surface area contributed by atoms with E-state index < -0.39 is 0 Å². The molecular formula is C19H17FN2O. The van der Waals surface area contributed by atoms with Crippen molar-refractivity contribution in [2.45, 2.75) is 26.7 Å². The van der Waals surface area contributed by atoms with E-state index in [-0.39, 0.29) is 11.7 Å². The van der Waals surface area contributed by atoms with Crippen molar-refractivity contribution in [3.8, 4) is 17.3 Å². The maximum atomic E-state index is 13.2. The Morgan fingerprint density at radius 3 is 2.43 bits per heavy atom. The first kappa shape index (κ1) is 16.6. The Hall–Kier alpha value is -2.80. The van der Waals surface area contributed by atoms with E-state index in [2.05, 4.69) is 11.1 Å². The van der Waals surface area contributed by atoms with Crippen molar-refractivity contribution in [2.24, 2.45) is 0 Å². The highest BCUT2D eigenvalue weighted by Crippen LogP contribution is 2.33. The Labute approximate surface area is 135 Å². The van der Waals surface area contributed by atoms with E-state index in [1.54, 1.807) is 25.1 Å². The van der Waals surface area contributed by atoms with Crippen molar-refractivity contribution < 1.29 is 9.18 Å². The topological polar surface area (TPSA) is 53.8 Å². The van der Waals surface area contributed by atoms with Crippen molar-refractivity contribution >= 4 is 12.4 Å². The average molecular weight is 308 g/mol. The van der Waals surface area contributed by atoms with Crippen molar-refractivity contribution in [3.63, 3.8) is 0 Å². The SMILES string of the molecule is Cc1nc(-c2ccc(F)cc2)c(/C=C/C=O)c(C(C)C)c1C#N. The molecule has 116 valence electrons. The lowest BCUT2D eigenvalue weighted by Crippen LogP contribution is -2.05. The van der Waals surface area contributed by atoms with E-state index in [1.165, 1.54) is 18.2 Å². The Morgan fingerprint density at radius 2 is 1.91 bits per heavy atom. The van der Waals surface area contributed by atoms with Gasteiger partial charge in [0.25, 0.3) is 0 Å². The summed E-state index contributed by atoms with van der Waals surface area (Å²) in [5, 5.41) is 9.46. The molecule has 0 saturated carbocycles. The fourth-order valence-electron chi connectivity index (χ4n) is 2.61. The quantitative estimate of drug-likeness (QED) is 0.621. The van der Waals surface area contributed by atoms with Crippen molar-refractivity contribution in [1.82, 2.24) is 4.98 Å². The minimum absolute atomic E-state index is 0.0804. The number of nitriles is 1. The molecule has 1 aromatic carbocycles. The van der Waals surface area contributed by atoms with Crippen LogP contribution in [0.1, 0.15) is 42.1 Å². The summed E-state index contributed by atoms with van der Waals surface area (Å²) >= 11 is 0. The molecule has 2 rings (SSSR count). The number of aromatic nitrogens is 1. The number of pyridine rings is 1. The van der Waals surface area contributed by atoms with E-state index >= 15 is 0 Å². The number of aryl methyl sites for hydroxylation is 1. The summed E-state index contributed by atoms with van der Waals surface area (Å²) in [6.07, 6.45) is 3.73. The van der Waals surface area contributed by atoms with Crippen LogP contribution in [0.2, 0.25) is 0 Å². The Balaban J connectivity index is 2.85. The van der Waals surface area contributed by atoms with Gasteiger partial charge in [0.1, 0.15) is 18.2 Å². The van der Waals surface area contributed by atoms with Gasteiger partial charge in [-0.3, -0.25) is 9.78 Å². The van der Waals surface area contributed by atoms with E-state index in [0.717, 1.165) is 16.7 Å². The lowest BCUT2D eigenvalue weighted by molar-refractivity contribution is -0.104. The van der Waals surface area contributed by atoms with Crippen LogP contribution in [-0.2, 0) is 4.79 Å². The van der Waals surface area contributed by atoms with E-state index in [9.17, 15) is 14.4 Å². The van der Waals surface area contributed by atoms with Crippen LogP contribution in [0.5, 0.6) is 0 Å². The molecule has 3 nitrogen and oxygen atoms in total. The van der Waals surface area contributed by atoms with Gasteiger partial charge in [-0.15, -0.1) is 0 Å². The van der Waals surface area contributed by atoms with Gasteiger partial charge in [-0.05, 0) is 54.8 Å². The van der Waals surface area contributed by atoms with Gasteiger partial charge in [0.05, 0.1) is 17.0 Å². The molecular weight excluding hydrogens is 291 g/mol. The fraction of sp³-hybridized carbons (Fsp3) is 0.211. The standard InChI is InChI=1S/C19H17FN2O/c1-12(2)18-16(5-4-10-23)19(22-13(3)17(18)11-21)14-6-8-15(20)9-7-14/h4-10,12H,1-3H3/b5-4+. The van der Waals surface area contributed by atoms with Crippen LogP contribution < -0.4 is 0 Å². The van der Waals surface area contributed by atoms with Gasteiger partial charge in [0.2, 0.25) is 0 Å². The molecule has 1 aromatic heterocycles. The third-order valence-electron chi connectivity index (χ3n) is 3.60. The molecule has 2 aromatic rings. The summed E-state index contributed by atoms with van der Waals surface area (Å²) in [4.78, 5) is 15.3. The minimum Gasteiger partial charge on any atom is -0.299 e. The number of nitrogens with zero attached hydrogens (tertiary/aromatic N) is 2. The molecule has 0 saturated heterocycles. The fourth-order valence-corrected chi connectivity index (χ4v) is 2.61. The zero-order valence-corrected chi connectivity index (χ0v) is 13.3. The molecule has 0 radical (unpaired) electrons. The number of rotatable bonds is 4. The molecule has 4 heteroatoms. The van der Waals surface area contributed by atoms with Crippen molar-refractivity contribution in [2.75, 3.05) is 0 Å². The number of hydrogen-bond donors (Lipinski definition) is 0. The number of carbonyl (C=O) groups is 1. The highest BCUT2D eigenvalue weighted by atomic mass is 19.1. The summed E-state index contributed by atoms with van der Waals surface area (Å²) in [6, 6.07) is 8.23. The second-order valence-corrected chi connectivity index (χ2v) is 5.52. The summed E-state index contributed by atoms with van der Waals surface area (Å²) < 4.78 is 13.2. The molecule has 0 aliphatic rings. The van der Waals surface area contributed by atoms with Gasteiger partial charge in [-0.25, -0.2) is 4.39 Å². The smallest absolute Gasteiger partial charge is 0.142 e. The third-order valence-corrected chi connectivity index (χ3v) is 3.60. The van der Waals surface area contributed by atoms with Gasteiger partial charge in [0.15, 0.2) is 0 Å². The normalized spacial score (nSPS) is 11.0. The first-order valence-electron chi connectivity index (χ1n) is 7.32. The van der Waals surface area contributed by atoms with E-state index in [0.29, 0.717) is 23.2 Å². The number of halogens is 1. The van der Waals surface area contributed by atoms with Gasteiger partial charge in [-0.1, -0.05) is 13.8 Å². The zero-order chi connectivity index (χ0) is 17.0. The van der Waals surface area contributed by atoms with Gasteiger partial charge >= 0.3 is 0 Å². The van der Waals surface area contributed by atoms with E-state index in [4.69, 9.17) is 0 Å². The lowest BCUT2D eigenvalue weighted by atomic mass is 9.89. The highest BCUT2D eigenvalue weighted by molar-refractivity contribution is 5.82. The first-order valence-corrected chi connectivity index (χ1v) is 7.32. The number of aldehydes is 1. The van der Waals surface area contributed by atoms with Crippen LogP contribution in [0.15, 0.2) is 30.3 Å². The molecule has 0 bridgehead atoms. The summed E-state index contributed by atoms with van der Waals surface area (Å²) in [5.41, 5.74) is 4.10. The van der Waals surface area contributed by atoms with Crippen LogP contribution >= 0.6 is 0 Å². The number of benzene rings is 1. The summed E-state index contributed by atoms with van der Waals surface area (Å²) in [5.74, 6) is -0.245. The third kappa shape index (κ3) is 3.35. The maximum Gasteiger partial charge on any atom is 0.142 e. The molecule has 23 heavy (non-hydrogen) atoms. The monoisotopic (exact) mass is 308 g/mol. The van der Waals surface area contributed by atoms with Crippen LogP contribution in [-0.4, -0.2) is 11.3 Å². The zero-order valence-electron chi connectivity index (χ0n) is 13.3. The van der Waals surface area contributed by atoms with Gasteiger partial charge in [0, 0.05) is 11.1 Å². The van der Waals surface area contributed by atoms with Crippen LogP contribution in [0.4, 0.5) is 4.39 Å². The molecule has 0 aliphatic heterocycles. The van der Waals surface area contributed by atoms with Crippen molar-refractivity contribution in [1.29, 1.82) is 5.26 Å². The highest BCUT2D eigenvalue weighted by Gasteiger charge is 2.19. The summed E-state index contributed by atoms with van der Waals surface area (Å²) in [6.45, 7) is 5.76. The molecule has 0 spiro atoms. The van der Waals surface area contributed by atoms with Crippen LogP contribution in [0.25, 0.3) is 17.3 Å². The molecule has 0 unspecified atom stereocenters. The molecule has 0 N–H and O–H groups in total. The Kier molecular flexibility index (Phi) is 5.02. The Morgan fingerprint density at radius 1 is 1.26 bits per heavy atom. The van der Waals surface area contributed by atoms with Gasteiger partial charge in [-0.2, -0.15) is 5.26 Å². The summed E-state index contributed by atoms with van der Waals surface area (Å²) in [7, 11) is 0. The largest absolute Gasteiger partial charge is 0.299 e. The van der Waals surface area contributed by atoms with E-state index in [1.807, 2.05) is 13.8 Å². The van der Waals surface area contributed by atoms with Gasteiger partial charge < -0.3 is 0 Å². The molecule has 0 fully saturated rings. The average Bonchev–Trinajstić information content (AvgIpc) is 2.53. The number of hydrogen-bond acceptors (Lipinski definition) is 3. The van der Waals surface area contributed by atoms with Crippen molar-refractivity contribution in [3.05, 3.63) is 58.5 Å². The predicted octanol–water partition coefficient (Wildman–Crippen LogP) is 4.40.